The molecule has 5 nitrogen and oxygen atoms in total. The molecule has 25 heavy (non-hydrogen) atoms. The number of rotatable bonds is 6. The van der Waals surface area contributed by atoms with Crippen LogP contribution in [0.4, 0.5) is 0 Å². The Kier molecular flexibility index (Phi) is 5.45. The molecule has 1 saturated heterocycles. The average Bonchev–Trinajstić information content (AvgIpc) is 3.22. The Bertz CT molecular complexity index is 816. The van der Waals surface area contributed by atoms with Crippen molar-refractivity contribution in [3.8, 4) is 11.5 Å². The number of hydrogen-bond donors (Lipinski definition) is 1. The minimum atomic E-state index is -0.0509. The van der Waals surface area contributed by atoms with E-state index in [0.717, 1.165) is 11.3 Å². The second-order valence-electron chi connectivity index (χ2n) is 5.40. The van der Waals surface area contributed by atoms with E-state index in [9.17, 15) is 4.79 Å². The van der Waals surface area contributed by atoms with Crippen molar-refractivity contribution in [3.05, 3.63) is 52.7 Å². The molecule has 0 atom stereocenters. The standard InChI is InChI=1S/C18H18N2O3S2/c1-22-14-6-5-12(10-15(14)23-2)7-9-20-17(21)16(25-18(20)24)11-13-4-3-8-19-13/h3-6,8,10-11,19H,7,9H2,1-2H3/b16-11+. The van der Waals surface area contributed by atoms with Crippen LogP contribution in [0.25, 0.3) is 6.08 Å². The van der Waals surface area contributed by atoms with Crippen molar-refractivity contribution in [1.29, 1.82) is 0 Å². The largest absolute Gasteiger partial charge is 0.493 e. The maximum absolute atomic E-state index is 12.6. The van der Waals surface area contributed by atoms with E-state index in [1.807, 2.05) is 42.6 Å². The predicted molar refractivity (Wildman–Crippen MR) is 104 cm³/mol. The van der Waals surface area contributed by atoms with Crippen molar-refractivity contribution in [2.24, 2.45) is 0 Å². The summed E-state index contributed by atoms with van der Waals surface area (Å²) in [4.78, 5) is 17.9. The lowest BCUT2D eigenvalue weighted by molar-refractivity contribution is -0.122. The van der Waals surface area contributed by atoms with Gasteiger partial charge in [0.05, 0.1) is 19.1 Å². The van der Waals surface area contributed by atoms with Gasteiger partial charge in [0.25, 0.3) is 5.91 Å². The van der Waals surface area contributed by atoms with Crippen molar-refractivity contribution in [2.75, 3.05) is 20.8 Å². The predicted octanol–water partition coefficient (Wildman–Crippen LogP) is 3.48. The van der Waals surface area contributed by atoms with Crippen LogP contribution in [-0.4, -0.2) is 40.9 Å². The minimum Gasteiger partial charge on any atom is -0.493 e. The van der Waals surface area contributed by atoms with Gasteiger partial charge in [0.15, 0.2) is 11.5 Å². The van der Waals surface area contributed by atoms with Crippen molar-refractivity contribution in [1.82, 2.24) is 9.88 Å². The highest BCUT2D eigenvalue weighted by molar-refractivity contribution is 8.26. The summed E-state index contributed by atoms with van der Waals surface area (Å²) in [6, 6.07) is 9.56. The summed E-state index contributed by atoms with van der Waals surface area (Å²) in [5, 5.41) is 0. The number of carbonyl (C=O) groups is 1. The van der Waals surface area contributed by atoms with E-state index < -0.39 is 0 Å². The van der Waals surface area contributed by atoms with Gasteiger partial charge in [0.1, 0.15) is 4.32 Å². The molecule has 1 aromatic carbocycles. The van der Waals surface area contributed by atoms with E-state index in [1.54, 1.807) is 19.1 Å². The van der Waals surface area contributed by atoms with Crippen LogP contribution in [0.2, 0.25) is 0 Å². The number of H-pyrrole nitrogens is 1. The lowest BCUT2D eigenvalue weighted by Crippen LogP contribution is -2.30. The van der Waals surface area contributed by atoms with Gasteiger partial charge in [-0.1, -0.05) is 30.0 Å². The van der Waals surface area contributed by atoms with E-state index in [4.69, 9.17) is 21.7 Å². The number of thiocarbonyl (C=S) groups is 1. The zero-order chi connectivity index (χ0) is 17.8. The number of nitrogens with zero attached hydrogens (tertiary/aromatic N) is 1. The van der Waals surface area contributed by atoms with Gasteiger partial charge in [-0.2, -0.15) is 0 Å². The molecule has 2 aromatic rings. The average molecular weight is 374 g/mol. The first-order chi connectivity index (χ1) is 12.1. The fourth-order valence-electron chi connectivity index (χ4n) is 2.55. The third-order valence-electron chi connectivity index (χ3n) is 3.85. The Morgan fingerprint density at radius 2 is 2.04 bits per heavy atom. The summed E-state index contributed by atoms with van der Waals surface area (Å²) in [7, 11) is 3.21. The zero-order valence-electron chi connectivity index (χ0n) is 13.9. The van der Waals surface area contributed by atoms with Crippen molar-refractivity contribution < 1.29 is 14.3 Å². The molecule has 0 bridgehead atoms. The molecular formula is C18H18N2O3S2. The molecule has 0 spiro atoms. The minimum absolute atomic E-state index is 0.0509. The van der Waals surface area contributed by atoms with Crippen LogP contribution in [0.5, 0.6) is 11.5 Å². The SMILES string of the molecule is COc1ccc(CCN2C(=O)/C(=C\c3ccc[nH]3)SC2=S)cc1OC. The Balaban J connectivity index is 1.69. The smallest absolute Gasteiger partial charge is 0.266 e. The summed E-state index contributed by atoms with van der Waals surface area (Å²) < 4.78 is 11.1. The van der Waals surface area contributed by atoms with Crippen LogP contribution in [-0.2, 0) is 11.2 Å². The highest BCUT2D eigenvalue weighted by Crippen LogP contribution is 2.33. The lowest BCUT2D eigenvalue weighted by atomic mass is 10.1. The highest BCUT2D eigenvalue weighted by Gasteiger charge is 2.31. The number of ether oxygens (including phenoxy) is 2. The van der Waals surface area contributed by atoms with E-state index in [0.29, 0.717) is 33.7 Å². The second kappa shape index (κ2) is 7.76. The Labute approximate surface area is 156 Å². The normalized spacial score (nSPS) is 15.9. The van der Waals surface area contributed by atoms with Gasteiger partial charge >= 0.3 is 0 Å². The third kappa shape index (κ3) is 3.88. The van der Waals surface area contributed by atoms with Crippen LogP contribution in [0, 0.1) is 0 Å². The van der Waals surface area contributed by atoms with Gasteiger partial charge in [-0.3, -0.25) is 9.69 Å². The second-order valence-corrected chi connectivity index (χ2v) is 7.07. The first kappa shape index (κ1) is 17.6. The summed E-state index contributed by atoms with van der Waals surface area (Å²) in [6.07, 6.45) is 4.34. The van der Waals surface area contributed by atoms with Gasteiger partial charge < -0.3 is 14.5 Å². The number of amides is 1. The molecule has 1 fully saturated rings. The molecule has 0 aliphatic carbocycles. The van der Waals surface area contributed by atoms with Gasteiger partial charge in [-0.15, -0.1) is 0 Å². The van der Waals surface area contributed by atoms with Crippen LogP contribution >= 0.6 is 24.0 Å². The molecule has 1 aliphatic rings. The Morgan fingerprint density at radius 3 is 2.72 bits per heavy atom. The van der Waals surface area contributed by atoms with E-state index in [-0.39, 0.29) is 5.91 Å². The molecule has 0 saturated carbocycles. The topological polar surface area (TPSA) is 54.6 Å². The van der Waals surface area contributed by atoms with E-state index >= 15 is 0 Å². The summed E-state index contributed by atoms with van der Waals surface area (Å²) in [5.74, 6) is 1.31. The monoisotopic (exact) mass is 374 g/mol. The molecule has 0 unspecified atom stereocenters. The van der Waals surface area contributed by atoms with E-state index in [2.05, 4.69) is 4.98 Å². The van der Waals surface area contributed by atoms with Crippen LogP contribution in [0.1, 0.15) is 11.3 Å². The molecule has 0 radical (unpaired) electrons. The lowest BCUT2D eigenvalue weighted by Gasteiger charge is -2.15. The van der Waals surface area contributed by atoms with Crippen molar-refractivity contribution in [2.45, 2.75) is 6.42 Å². The number of aromatic nitrogens is 1. The fraction of sp³-hybridized carbons (Fsp3) is 0.222. The number of thioether (sulfide) groups is 1. The Hall–Kier alpha value is -2.25. The zero-order valence-corrected chi connectivity index (χ0v) is 15.6. The molecule has 1 aliphatic heterocycles. The number of methoxy groups -OCH3 is 2. The van der Waals surface area contributed by atoms with Gasteiger partial charge in [-0.05, 0) is 42.3 Å². The van der Waals surface area contributed by atoms with Crippen LogP contribution in [0.15, 0.2) is 41.4 Å². The molecule has 1 aromatic heterocycles. The number of carbonyl (C=O) groups excluding carboxylic acids is 1. The van der Waals surface area contributed by atoms with Gasteiger partial charge in [-0.25, -0.2) is 0 Å². The summed E-state index contributed by atoms with van der Waals surface area (Å²) in [6.45, 7) is 0.530. The van der Waals surface area contributed by atoms with Crippen LogP contribution in [0.3, 0.4) is 0 Å². The van der Waals surface area contributed by atoms with Crippen LogP contribution < -0.4 is 9.47 Å². The Morgan fingerprint density at radius 1 is 1.24 bits per heavy atom. The highest BCUT2D eigenvalue weighted by atomic mass is 32.2. The number of aromatic amines is 1. The maximum Gasteiger partial charge on any atom is 0.266 e. The molecule has 7 heteroatoms. The molecule has 1 N–H and O–H groups in total. The molecule has 130 valence electrons. The first-order valence-electron chi connectivity index (χ1n) is 7.72. The molecule has 2 heterocycles. The third-order valence-corrected chi connectivity index (χ3v) is 5.23. The number of benzene rings is 1. The maximum atomic E-state index is 12.6. The van der Waals surface area contributed by atoms with Crippen molar-refractivity contribution >= 4 is 40.3 Å². The van der Waals surface area contributed by atoms with E-state index in [1.165, 1.54) is 11.8 Å². The van der Waals surface area contributed by atoms with Gasteiger partial charge in [0.2, 0.25) is 0 Å². The number of nitrogens with one attached hydrogen (secondary N) is 1. The molecule has 3 rings (SSSR count). The van der Waals surface area contributed by atoms with Crippen molar-refractivity contribution in [3.63, 3.8) is 0 Å². The fourth-order valence-corrected chi connectivity index (χ4v) is 3.84. The first-order valence-corrected chi connectivity index (χ1v) is 8.94. The molecular weight excluding hydrogens is 356 g/mol. The summed E-state index contributed by atoms with van der Waals surface area (Å²) in [5.41, 5.74) is 1.94. The van der Waals surface area contributed by atoms with Gasteiger partial charge in [0, 0.05) is 18.4 Å². The quantitative estimate of drug-likeness (QED) is 0.620. The molecule has 1 amide bonds. The number of hydrogen-bond acceptors (Lipinski definition) is 5. The summed E-state index contributed by atoms with van der Waals surface area (Å²) >= 11 is 6.70.